The van der Waals surface area contributed by atoms with Crippen LogP contribution >= 0.6 is 11.8 Å². The monoisotopic (exact) mass is 191 g/mol. The molecule has 0 amide bonds. The van der Waals surface area contributed by atoms with E-state index in [1.165, 1.54) is 0 Å². The van der Waals surface area contributed by atoms with E-state index in [1.807, 2.05) is 0 Å². The molecule has 12 heavy (non-hydrogen) atoms. The molecule has 0 aromatic rings. The van der Waals surface area contributed by atoms with Gasteiger partial charge in [-0.25, -0.2) is 0 Å². The molecule has 72 valence electrons. The van der Waals surface area contributed by atoms with Gasteiger partial charge in [0.05, 0.1) is 0 Å². The Bertz CT molecular complexity index is 130. The predicted octanol–water partition coefficient (Wildman–Crippen LogP) is 1.18. The van der Waals surface area contributed by atoms with Crippen LogP contribution in [0.25, 0.3) is 0 Å². The number of aliphatic carboxylic acids is 1. The first kappa shape index (κ1) is 11.8. The molecule has 3 nitrogen and oxygen atoms in total. The highest BCUT2D eigenvalue weighted by molar-refractivity contribution is 7.99. The van der Waals surface area contributed by atoms with Gasteiger partial charge in [-0.3, -0.25) is 4.79 Å². The molecule has 0 heterocycles. The minimum atomic E-state index is -0.706. The number of hydrogen-bond donors (Lipinski definition) is 2. The summed E-state index contributed by atoms with van der Waals surface area (Å²) in [6.07, 6.45) is 1.04. The Hall–Kier alpha value is -0.220. The Kier molecular flexibility index (Phi) is 7.29. The summed E-state index contributed by atoms with van der Waals surface area (Å²) in [6.45, 7) is 2.82. The topological polar surface area (TPSA) is 63.3 Å². The highest BCUT2D eigenvalue weighted by Gasteiger charge is 2.00. The van der Waals surface area contributed by atoms with Crippen LogP contribution in [0.15, 0.2) is 0 Å². The second-order valence-corrected chi connectivity index (χ2v) is 4.06. The van der Waals surface area contributed by atoms with E-state index in [9.17, 15) is 4.79 Å². The first-order chi connectivity index (χ1) is 5.66. The van der Waals surface area contributed by atoms with Gasteiger partial charge >= 0.3 is 5.97 Å². The standard InChI is InChI=1S/C8H17NO2S/c1-7(5-9)6-12-4-2-3-8(10)11/h7H,2-6,9H2,1H3,(H,10,11). The lowest BCUT2D eigenvalue weighted by Gasteiger charge is -2.06. The van der Waals surface area contributed by atoms with Gasteiger partial charge < -0.3 is 10.8 Å². The summed E-state index contributed by atoms with van der Waals surface area (Å²) in [5, 5.41) is 8.34. The maximum atomic E-state index is 10.1. The van der Waals surface area contributed by atoms with Crippen molar-refractivity contribution in [1.82, 2.24) is 0 Å². The molecular formula is C8H17NO2S. The van der Waals surface area contributed by atoms with Crippen LogP contribution in [0.4, 0.5) is 0 Å². The van der Waals surface area contributed by atoms with Crippen molar-refractivity contribution in [2.24, 2.45) is 11.7 Å². The van der Waals surface area contributed by atoms with E-state index in [1.54, 1.807) is 11.8 Å². The second kappa shape index (κ2) is 7.43. The minimum Gasteiger partial charge on any atom is -0.481 e. The van der Waals surface area contributed by atoms with Crippen LogP contribution in [0.1, 0.15) is 19.8 Å². The van der Waals surface area contributed by atoms with Crippen LogP contribution in [0.3, 0.4) is 0 Å². The number of carboxylic acid groups (broad SMARTS) is 1. The van der Waals surface area contributed by atoms with Gasteiger partial charge in [-0.15, -0.1) is 0 Å². The number of carboxylic acids is 1. The summed E-state index contributed by atoms with van der Waals surface area (Å²) in [6, 6.07) is 0. The third kappa shape index (κ3) is 7.88. The number of carbonyl (C=O) groups is 1. The predicted molar refractivity (Wildman–Crippen MR) is 52.4 cm³/mol. The molecule has 1 unspecified atom stereocenters. The summed E-state index contributed by atoms with van der Waals surface area (Å²) in [5.74, 6) is 1.80. The van der Waals surface area contributed by atoms with Crippen LogP contribution in [0.5, 0.6) is 0 Å². The van der Waals surface area contributed by atoms with Crippen molar-refractivity contribution >= 4 is 17.7 Å². The Morgan fingerprint density at radius 1 is 1.67 bits per heavy atom. The van der Waals surface area contributed by atoms with Gasteiger partial charge in [-0.1, -0.05) is 6.92 Å². The van der Waals surface area contributed by atoms with Crippen LogP contribution in [0.2, 0.25) is 0 Å². The highest BCUT2D eigenvalue weighted by Crippen LogP contribution is 2.09. The first-order valence-corrected chi connectivity index (χ1v) is 5.32. The molecule has 0 aliphatic rings. The maximum Gasteiger partial charge on any atom is 0.303 e. The van der Waals surface area contributed by atoms with Gasteiger partial charge in [0.1, 0.15) is 0 Å². The molecule has 0 aliphatic carbocycles. The number of nitrogens with two attached hydrogens (primary N) is 1. The smallest absolute Gasteiger partial charge is 0.303 e. The van der Waals surface area contributed by atoms with Crippen molar-refractivity contribution in [3.63, 3.8) is 0 Å². The molecular weight excluding hydrogens is 174 g/mol. The lowest BCUT2D eigenvalue weighted by Crippen LogP contribution is -2.13. The minimum absolute atomic E-state index is 0.282. The van der Waals surface area contributed by atoms with Crippen molar-refractivity contribution in [3.05, 3.63) is 0 Å². The molecule has 1 atom stereocenters. The van der Waals surface area contributed by atoms with Crippen molar-refractivity contribution < 1.29 is 9.90 Å². The zero-order chi connectivity index (χ0) is 9.40. The number of rotatable bonds is 7. The SMILES string of the molecule is CC(CN)CSCCCC(=O)O. The summed E-state index contributed by atoms with van der Waals surface area (Å²) < 4.78 is 0. The summed E-state index contributed by atoms with van der Waals surface area (Å²) in [5.41, 5.74) is 5.43. The molecule has 3 N–H and O–H groups in total. The third-order valence-corrected chi connectivity index (χ3v) is 2.87. The molecule has 0 fully saturated rings. The van der Waals surface area contributed by atoms with E-state index in [2.05, 4.69) is 6.92 Å². The van der Waals surface area contributed by atoms with Crippen molar-refractivity contribution in [3.8, 4) is 0 Å². The van der Waals surface area contributed by atoms with Crippen LogP contribution < -0.4 is 5.73 Å². The summed E-state index contributed by atoms with van der Waals surface area (Å²) in [7, 11) is 0. The normalized spacial score (nSPS) is 12.8. The molecule has 0 saturated carbocycles. The molecule has 0 saturated heterocycles. The van der Waals surface area contributed by atoms with E-state index in [-0.39, 0.29) is 6.42 Å². The van der Waals surface area contributed by atoms with Gasteiger partial charge in [0.2, 0.25) is 0 Å². The highest BCUT2D eigenvalue weighted by atomic mass is 32.2. The lowest BCUT2D eigenvalue weighted by molar-refractivity contribution is -0.137. The van der Waals surface area contributed by atoms with Gasteiger partial charge in [-0.05, 0) is 30.4 Å². The fourth-order valence-corrected chi connectivity index (χ4v) is 1.73. The van der Waals surface area contributed by atoms with E-state index in [0.29, 0.717) is 12.5 Å². The Morgan fingerprint density at radius 3 is 2.83 bits per heavy atom. The number of thioether (sulfide) groups is 1. The van der Waals surface area contributed by atoms with Crippen molar-refractivity contribution in [2.75, 3.05) is 18.1 Å². The van der Waals surface area contributed by atoms with E-state index in [0.717, 1.165) is 17.9 Å². The fraction of sp³-hybridized carbons (Fsp3) is 0.875. The Labute approximate surface area is 77.7 Å². The Morgan fingerprint density at radius 2 is 2.33 bits per heavy atom. The number of hydrogen-bond acceptors (Lipinski definition) is 3. The zero-order valence-electron chi connectivity index (χ0n) is 7.45. The average molecular weight is 191 g/mol. The van der Waals surface area contributed by atoms with Crippen LogP contribution in [-0.2, 0) is 4.79 Å². The lowest BCUT2D eigenvalue weighted by atomic mass is 10.2. The Balaban J connectivity index is 3.05. The zero-order valence-corrected chi connectivity index (χ0v) is 8.27. The molecule has 0 radical (unpaired) electrons. The van der Waals surface area contributed by atoms with Crippen LogP contribution in [-0.4, -0.2) is 29.1 Å². The largest absolute Gasteiger partial charge is 0.481 e. The van der Waals surface area contributed by atoms with Crippen LogP contribution in [0, 0.1) is 5.92 Å². The fourth-order valence-electron chi connectivity index (χ4n) is 0.678. The van der Waals surface area contributed by atoms with Crippen molar-refractivity contribution in [2.45, 2.75) is 19.8 Å². The molecule has 0 aromatic heterocycles. The molecule has 0 bridgehead atoms. The molecule has 0 spiro atoms. The van der Waals surface area contributed by atoms with Gasteiger partial charge in [0.15, 0.2) is 0 Å². The van der Waals surface area contributed by atoms with Gasteiger partial charge in [0.25, 0.3) is 0 Å². The molecule has 0 aliphatic heterocycles. The van der Waals surface area contributed by atoms with E-state index >= 15 is 0 Å². The quantitative estimate of drug-likeness (QED) is 0.593. The van der Waals surface area contributed by atoms with Gasteiger partial charge in [-0.2, -0.15) is 11.8 Å². The van der Waals surface area contributed by atoms with Gasteiger partial charge in [0, 0.05) is 6.42 Å². The second-order valence-electron chi connectivity index (χ2n) is 2.91. The van der Waals surface area contributed by atoms with E-state index in [4.69, 9.17) is 10.8 Å². The summed E-state index contributed by atoms with van der Waals surface area (Å²) in [4.78, 5) is 10.1. The maximum absolute atomic E-state index is 10.1. The molecule has 4 heteroatoms. The molecule has 0 aromatic carbocycles. The van der Waals surface area contributed by atoms with Crippen molar-refractivity contribution in [1.29, 1.82) is 0 Å². The average Bonchev–Trinajstić information content (AvgIpc) is 2.03. The molecule has 0 rings (SSSR count). The third-order valence-electron chi connectivity index (χ3n) is 1.48. The first-order valence-electron chi connectivity index (χ1n) is 4.16. The summed E-state index contributed by atoms with van der Waals surface area (Å²) >= 11 is 1.78. The van der Waals surface area contributed by atoms with E-state index < -0.39 is 5.97 Å².